The van der Waals surface area contributed by atoms with E-state index in [4.69, 9.17) is 0 Å². The molecule has 9 aromatic rings. The first-order valence-electron chi connectivity index (χ1n) is 19.6. The topological polar surface area (TPSA) is 30.3 Å². The van der Waals surface area contributed by atoms with E-state index < -0.39 is 0 Å². The number of benzene rings is 9. The maximum absolute atomic E-state index is 9.83. The zero-order valence-corrected chi connectivity index (χ0v) is 31.7. The number of nitrogens with zero attached hydrogens (tertiary/aromatic N) is 3. The molecular formula is C55H37N3. The molecule has 0 radical (unpaired) electrons. The van der Waals surface area contributed by atoms with Crippen molar-refractivity contribution in [1.82, 2.24) is 0 Å². The van der Waals surface area contributed by atoms with Gasteiger partial charge in [-0.05, 0) is 117 Å². The number of fused-ring (bicyclic) bond motifs is 5. The van der Waals surface area contributed by atoms with Gasteiger partial charge < -0.3 is 9.80 Å². The number of hydrogen-bond donors (Lipinski definition) is 0. The van der Waals surface area contributed by atoms with Gasteiger partial charge >= 0.3 is 0 Å². The molecule has 0 spiro atoms. The van der Waals surface area contributed by atoms with Gasteiger partial charge in [0, 0.05) is 33.9 Å². The minimum Gasteiger partial charge on any atom is -0.311 e. The molecule has 0 saturated heterocycles. The SMILES string of the molecule is N#Cc1cccc(N2c3ccccc3-c3ccccc3-c3cc(-c4ccc(N(c5ccc(-c6ccccc6)cc5)c5ccc(-c6ccccc6)cc5)cc4)ccc32)c1. The van der Waals surface area contributed by atoms with E-state index in [0.717, 1.165) is 56.4 Å². The number of rotatable bonds is 7. The van der Waals surface area contributed by atoms with Crippen LogP contribution in [0.2, 0.25) is 0 Å². The Bertz CT molecular complexity index is 2840. The van der Waals surface area contributed by atoms with E-state index in [1.807, 2.05) is 18.2 Å². The second-order valence-corrected chi connectivity index (χ2v) is 14.5. The van der Waals surface area contributed by atoms with Crippen molar-refractivity contribution in [3.63, 3.8) is 0 Å². The fourth-order valence-electron chi connectivity index (χ4n) is 8.22. The Hall–Kier alpha value is -7.93. The van der Waals surface area contributed by atoms with Crippen molar-refractivity contribution in [2.24, 2.45) is 0 Å². The summed E-state index contributed by atoms with van der Waals surface area (Å²) >= 11 is 0. The third kappa shape index (κ3) is 6.39. The molecule has 1 heterocycles. The molecule has 10 rings (SSSR count). The summed E-state index contributed by atoms with van der Waals surface area (Å²) in [5, 5.41) is 9.83. The molecule has 1 aliphatic rings. The lowest BCUT2D eigenvalue weighted by molar-refractivity contribution is 1.28. The summed E-state index contributed by atoms with van der Waals surface area (Å²) in [4.78, 5) is 4.62. The van der Waals surface area contributed by atoms with Crippen LogP contribution in [0.4, 0.5) is 34.1 Å². The third-order valence-corrected chi connectivity index (χ3v) is 11.0. The van der Waals surface area contributed by atoms with Crippen molar-refractivity contribution < 1.29 is 0 Å². The van der Waals surface area contributed by atoms with Crippen molar-refractivity contribution in [1.29, 1.82) is 5.26 Å². The Kier molecular flexibility index (Phi) is 8.91. The molecule has 0 aliphatic carbocycles. The molecule has 3 nitrogen and oxygen atoms in total. The van der Waals surface area contributed by atoms with E-state index in [0.29, 0.717) is 5.56 Å². The van der Waals surface area contributed by atoms with Crippen molar-refractivity contribution in [3.8, 4) is 61.7 Å². The van der Waals surface area contributed by atoms with E-state index in [9.17, 15) is 5.26 Å². The Morgan fingerprint density at radius 2 is 0.759 bits per heavy atom. The van der Waals surface area contributed by atoms with Crippen LogP contribution in [0.15, 0.2) is 224 Å². The molecule has 0 aromatic heterocycles. The first-order chi connectivity index (χ1) is 28.7. The largest absolute Gasteiger partial charge is 0.311 e. The highest BCUT2D eigenvalue weighted by Crippen LogP contribution is 2.51. The highest BCUT2D eigenvalue weighted by Gasteiger charge is 2.26. The summed E-state index contributed by atoms with van der Waals surface area (Å²) in [5.74, 6) is 0. The van der Waals surface area contributed by atoms with Gasteiger partial charge in [-0.1, -0.05) is 152 Å². The first-order valence-corrected chi connectivity index (χ1v) is 19.6. The molecule has 9 aromatic carbocycles. The highest BCUT2D eigenvalue weighted by molar-refractivity contribution is 6.03. The molecule has 0 saturated carbocycles. The van der Waals surface area contributed by atoms with Crippen LogP contribution in [0, 0.1) is 11.3 Å². The van der Waals surface area contributed by atoms with E-state index in [-0.39, 0.29) is 0 Å². The fourth-order valence-corrected chi connectivity index (χ4v) is 8.22. The second kappa shape index (κ2) is 15.0. The molecule has 0 unspecified atom stereocenters. The first kappa shape index (κ1) is 34.6. The molecule has 272 valence electrons. The van der Waals surface area contributed by atoms with Gasteiger partial charge in [-0.15, -0.1) is 0 Å². The normalized spacial score (nSPS) is 11.4. The monoisotopic (exact) mass is 739 g/mol. The third-order valence-electron chi connectivity index (χ3n) is 11.0. The minimum atomic E-state index is 0.628. The number of nitriles is 1. The molecule has 3 heteroatoms. The Labute approximate surface area is 339 Å². The smallest absolute Gasteiger partial charge is 0.0992 e. The predicted octanol–water partition coefficient (Wildman–Crippen LogP) is 15.1. The summed E-state index contributed by atoms with van der Waals surface area (Å²) in [5.41, 5.74) is 18.6. The highest BCUT2D eigenvalue weighted by atomic mass is 15.2. The van der Waals surface area contributed by atoms with Crippen molar-refractivity contribution >= 4 is 34.1 Å². The van der Waals surface area contributed by atoms with E-state index in [1.165, 1.54) is 33.4 Å². The van der Waals surface area contributed by atoms with E-state index in [2.05, 4.69) is 222 Å². The summed E-state index contributed by atoms with van der Waals surface area (Å²) < 4.78 is 0. The maximum Gasteiger partial charge on any atom is 0.0992 e. The Morgan fingerprint density at radius 1 is 0.328 bits per heavy atom. The average molecular weight is 740 g/mol. The second-order valence-electron chi connectivity index (χ2n) is 14.5. The lowest BCUT2D eigenvalue weighted by atomic mass is 9.92. The Balaban J connectivity index is 1.06. The van der Waals surface area contributed by atoms with Gasteiger partial charge in [-0.2, -0.15) is 5.26 Å². The van der Waals surface area contributed by atoms with E-state index in [1.54, 1.807) is 0 Å². The van der Waals surface area contributed by atoms with Crippen LogP contribution in [-0.2, 0) is 0 Å². The van der Waals surface area contributed by atoms with Crippen LogP contribution in [-0.4, -0.2) is 0 Å². The molecule has 1 aliphatic heterocycles. The van der Waals surface area contributed by atoms with Gasteiger partial charge in [0.05, 0.1) is 23.0 Å². The average Bonchev–Trinajstić information content (AvgIpc) is 3.43. The van der Waals surface area contributed by atoms with Crippen molar-refractivity contribution in [2.45, 2.75) is 0 Å². The molecule has 0 bridgehead atoms. The van der Waals surface area contributed by atoms with Gasteiger partial charge in [0.1, 0.15) is 0 Å². The summed E-state index contributed by atoms with van der Waals surface area (Å²) in [6, 6.07) is 81.8. The standard InChI is InChI=1S/C55H37N3/c56-38-39-12-11-17-49(36-39)58-54-21-10-9-20-52(54)50-18-7-8-19-51(50)53-37-45(28-35-55(53)58)44-26-33-48(34-27-44)57(46-29-22-42(23-30-46)40-13-3-1-4-14-40)47-31-24-43(25-32-47)41-15-5-2-6-16-41/h1-37H. The van der Waals surface area contributed by atoms with Gasteiger partial charge in [-0.25, -0.2) is 0 Å². The molecule has 0 N–H and O–H groups in total. The fraction of sp³-hybridized carbons (Fsp3) is 0. The van der Waals surface area contributed by atoms with Crippen molar-refractivity contribution in [3.05, 3.63) is 230 Å². The summed E-state index contributed by atoms with van der Waals surface area (Å²) in [7, 11) is 0. The molecule has 58 heavy (non-hydrogen) atoms. The number of anilines is 6. The summed E-state index contributed by atoms with van der Waals surface area (Å²) in [6.07, 6.45) is 0. The molecular weight excluding hydrogens is 703 g/mol. The van der Waals surface area contributed by atoms with Crippen LogP contribution >= 0.6 is 0 Å². The van der Waals surface area contributed by atoms with Gasteiger partial charge in [0.25, 0.3) is 0 Å². The van der Waals surface area contributed by atoms with Crippen LogP contribution in [0.3, 0.4) is 0 Å². The van der Waals surface area contributed by atoms with Crippen LogP contribution < -0.4 is 9.80 Å². The lowest BCUT2D eigenvalue weighted by Crippen LogP contribution is -2.11. The number of hydrogen-bond acceptors (Lipinski definition) is 3. The van der Waals surface area contributed by atoms with Gasteiger partial charge in [0.15, 0.2) is 0 Å². The summed E-state index contributed by atoms with van der Waals surface area (Å²) in [6.45, 7) is 0. The lowest BCUT2D eigenvalue weighted by Gasteiger charge is -2.28. The zero-order valence-electron chi connectivity index (χ0n) is 31.7. The number of para-hydroxylation sites is 1. The van der Waals surface area contributed by atoms with Crippen LogP contribution in [0.5, 0.6) is 0 Å². The van der Waals surface area contributed by atoms with Gasteiger partial charge in [0.2, 0.25) is 0 Å². The molecule has 0 fully saturated rings. The Morgan fingerprint density at radius 3 is 1.31 bits per heavy atom. The van der Waals surface area contributed by atoms with Crippen LogP contribution in [0.1, 0.15) is 5.56 Å². The van der Waals surface area contributed by atoms with Gasteiger partial charge in [-0.3, -0.25) is 0 Å². The maximum atomic E-state index is 9.83. The minimum absolute atomic E-state index is 0.628. The van der Waals surface area contributed by atoms with Crippen LogP contribution in [0.25, 0.3) is 55.6 Å². The van der Waals surface area contributed by atoms with E-state index >= 15 is 0 Å². The zero-order chi connectivity index (χ0) is 38.8. The predicted molar refractivity (Wildman–Crippen MR) is 241 cm³/mol. The molecule has 0 amide bonds. The molecule has 0 atom stereocenters. The quantitative estimate of drug-likeness (QED) is 0.163. The van der Waals surface area contributed by atoms with Crippen molar-refractivity contribution in [2.75, 3.05) is 9.80 Å².